The van der Waals surface area contributed by atoms with Crippen molar-refractivity contribution in [1.29, 1.82) is 0 Å². The fraction of sp³-hybridized carbons (Fsp3) is 0.300. The molecule has 2 aromatic heterocycles. The molecule has 2 heterocycles. The van der Waals surface area contributed by atoms with Gasteiger partial charge in [0.25, 0.3) is 17.0 Å². The Morgan fingerprint density at radius 2 is 1.74 bits per heavy atom. The first kappa shape index (κ1) is 24.6. The predicted molar refractivity (Wildman–Crippen MR) is 129 cm³/mol. The van der Waals surface area contributed by atoms with Gasteiger partial charge in [0.2, 0.25) is 10.0 Å². The van der Waals surface area contributed by atoms with Crippen LogP contribution in [0.2, 0.25) is 0 Å². The van der Waals surface area contributed by atoms with Crippen LogP contribution in [-0.4, -0.2) is 59.1 Å². The van der Waals surface area contributed by atoms with Crippen LogP contribution in [0.4, 0.5) is 22.9 Å². The van der Waals surface area contributed by atoms with Crippen LogP contribution in [0.3, 0.4) is 0 Å². The van der Waals surface area contributed by atoms with E-state index in [2.05, 4.69) is 25.6 Å². The molecule has 0 aliphatic heterocycles. The van der Waals surface area contributed by atoms with Crippen molar-refractivity contribution in [3.8, 4) is 0 Å². The summed E-state index contributed by atoms with van der Waals surface area (Å²) < 4.78 is 28.5. The number of hydrogen-bond donors (Lipinski definition) is 4. The second kappa shape index (κ2) is 9.43. The molecular weight excluding hydrogens is 464 g/mol. The Kier molecular flexibility index (Phi) is 6.81. The van der Waals surface area contributed by atoms with Crippen molar-refractivity contribution >= 4 is 38.8 Å². The third kappa shape index (κ3) is 5.28. The van der Waals surface area contributed by atoms with E-state index in [4.69, 9.17) is 0 Å². The Labute approximate surface area is 195 Å². The number of amides is 1. The molecule has 0 fully saturated rings. The SMILES string of the molecule is CN(C)C(=O)c1nn(C)c(Nc2c(NCc3ccccc3)c(=O)[nH]n(C)c2=O)c1NS(C)(=O)=O. The lowest BCUT2D eigenvalue weighted by Gasteiger charge is -2.16. The Bertz CT molecular complexity index is 1440. The molecule has 182 valence electrons. The molecule has 14 heteroatoms. The van der Waals surface area contributed by atoms with Crippen molar-refractivity contribution in [2.45, 2.75) is 6.54 Å². The van der Waals surface area contributed by atoms with Gasteiger partial charge in [0.1, 0.15) is 17.1 Å². The first-order valence-electron chi connectivity index (χ1n) is 10.0. The topological polar surface area (TPSA) is 163 Å². The number of aryl methyl sites for hydroxylation is 2. The number of nitrogens with one attached hydrogen (secondary N) is 4. The van der Waals surface area contributed by atoms with Crippen molar-refractivity contribution in [1.82, 2.24) is 24.5 Å². The van der Waals surface area contributed by atoms with Gasteiger partial charge in [-0.15, -0.1) is 0 Å². The highest BCUT2D eigenvalue weighted by molar-refractivity contribution is 7.92. The number of aromatic nitrogens is 4. The normalized spacial score (nSPS) is 11.2. The Morgan fingerprint density at radius 1 is 1.09 bits per heavy atom. The highest BCUT2D eigenvalue weighted by Crippen LogP contribution is 2.31. The molecule has 34 heavy (non-hydrogen) atoms. The van der Waals surface area contributed by atoms with Crippen molar-refractivity contribution < 1.29 is 13.2 Å². The molecule has 3 rings (SSSR count). The van der Waals surface area contributed by atoms with Crippen LogP contribution in [0.5, 0.6) is 0 Å². The lowest BCUT2D eigenvalue weighted by Crippen LogP contribution is -2.32. The second-order valence-electron chi connectivity index (χ2n) is 7.79. The first-order valence-corrected chi connectivity index (χ1v) is 11.9. The number of carbonyl (C=O) groups is 1. The van der Waals surface area contributed by atoms with Crippen LogP contribution in [0.1, 0.15) is 16.1 Å². The Balaban J connectivity index is 2.14. The fourth-order valence-electron chi connectivity index (χ4n) is 3.15. The lowest BCUT2D eigenvalue weighted by molar-refractivity contribution is 0.0822. The smallest absolute Gasteiger partial charge is 0.290 e. The van der Waals surface area contributed by atoms with Crippen molar-refractivity contribution in [2.24, 2.45) is 14.1 Å². The zero-order valence-electron chi connectivity index (χ0n) is 19.3. The molecule has 0 unspecified atom stereocenters. The van der Waals surface area contributed by atoms with Gasteiger partial charge in [-0.3, -0.25) is 28.9 Å². The maximum absolute atomic E-state index is 13.0. The number of aromatic amines is 1. The third-order valence-electron chi connectivity index (χ3n) is 4.76. The van der Waals surface area contributed by atoms with Crippen LogP contribution in [0.15, 0.2) is 39.9 Å². The van der Waals surface area contributed by atoms with Crippen molar-refractivity contribution in [3.05, 3.63) is 62.3 Å². The summed E-state index contributed by atoms with van der Waals surface area (Å²) in [5.41, 5.74) is -0.843. The minimum absolute atomic E-state index is 0.00101. The minimum Gasteiger partial charge on any atom is -0.375 e. The van der Waals surface area contributed by atoms with E-state index in [9.17, 15) is 22.8 Å². The van der Waals surface area contributed by atoms with Gasteiger partial charge in [0, 0.05) is 34.7 Å². The monoisotopic (exact) mass is 490 g/mol. The molecule has 1 amide bonds. The van der Waals surface area contributed by atoms with E-state index in [0.29, 0.717) is 0 Å². The summed E-state index contributed by atoms with van der Waals surface area (Å²) in [7, 11) is 2.00. The van der Waals surface area contributed by atoms with Crippen LogP contribution in [0.25, 0.3) is 0 Å². The van der Waals surface area contributed by atoms with Crippen LogP contribution < -0.4 is 26.5 Å². The number of benzene rings is 1. The van der Waals surface area contributed by atoms with Gasteiger partial charge in [-0.2, -0.15) is 5.10 Å². The first-order chi connectivity index (χ1) is 15.9. The number of nitrogens with zero attached hydrogens (tertiary/aromatic N) is 4. The van der Waals surface area contributed by atoms with Gasteiger partial charge in [-0.1, -0.05) is 30.3 Å². The average Bonchev–Trinajstić information content (AvgIpc) is 3.05. The van der Waals surface area contributed by atoms with Crippen LogP contribution in [-0.2, 0) is 30.7 Å². The molecular formula is C20H26N8O5S. The highest BCUT2D eigenvalue weighted by Gasteiger charge is 2.27. The van der Waals surface area contributed by atoms with E-state index in [1.165, 1.54) is 37.8 Å². The number of anilines is 4. The summed E-state index contributed by atoms with van der Waals surface area (Å²) in [5.74, 6) is -0.558. The summed E-state index contributed by atoms with van der Waals surface area (Å²) in [6.07, 6.45) is 0.923. The molecule has 0 saturated carbocycles. The van der Waals surface area contributed by atoms with E-state index in [0.717, 1.165) is 16.5 Å². The van der Waals surface area contributed by atoms with Crippen LogP contribution in [0, 0.1) is 0 Å². The molecule has 4 N–H and O–H groups in total. The van der Waals surface area contributed by atoms with E-state index in [-0.39, 0.29) is 35.1 Å². The van der Waals surface area contributed by atoms with Gasteiger partial charge in [0.05, 0.1) is 6.26 Å². The maximum atomic E-state index is 13.0. The highest BCUT2D eigenvalue weighted by atomic mass is 32.2. The van der Waals surface area contributed by atoms with Gasteiger partial charge in [0.15, 0.2) is 11.5 Å². The predicted octanol–water partition coefficient (Wildman–Crippen LogP) is 0.236. The van der Waals surface area contributed by atoms with Gasteiger partial charge < -0.3 is 15.5 Å². The van der Waals surface area contributed by atoms with Gasteiger partial charge in [-0.05, 0) is 5.56 Å². The minimum atomic E-state index is -3.82. The standard InChI is InChI=1S/C20H26N8O5S/c1-26(2)19(30)16-13(25-34(5,32)33)17(27(3)23-16)22-15-14(18(29)24-28(4)20(15)31)21-11-12-9-7-6-8-10-12/h6-10,21-22,25H,11H2,1-5H3,(H,24,29). The van der Waals surface area contributed by atoms with E-state index in [1.807, 2.05) is 30.3 Å². The van der Waals surface area contributed by atoms with Crippen molar-refractivity contribution in [3.63, 3.8) is 0 Å². The Hall–Kier alpha value is -4.07. The zero-order valence-corrected chi connectivity index (χ0v) is 20.1. The summed E-state index contributed by atoms with van der Waals surface area (Å²) in [5, 5.41) is 12.3. The van der Waals surface area contributed by atoms with E-state index < -0.39 is 27.0 Å². The van der Waals surface area contributed by atoms with E-state index >= 15 is 0 Å². The summed E-state index contributed by atoms with van der Waals surface area (Å²) >= 11 is 0. The maximum Gasteiger partial charge on any atom is 0.290 e. The molecule has 1 aromatic carbocycles. The number of sulfonamides is 1. The summed E-state index contributed by atoms with van der Waals surface area (Å²) in [4.78, 5) is 39.5. The summed E-state index contributed by atoms with van der Waals surface area (Å²) in [6.45, 7) is 0.246. The Morgan fingerprint density at radius 3 is 2.32 bits per heavy atom. The lowest BCUT2D eigenvalue weighted by atomic mass is 10.2. The second-order valence-corrected chi connectivity index (χ2v) is 9.54. The fourth-order valence-corrected chi connectivity index (χ4v) is 3.71. The number of hydrogen-bond acceptors (Lipinski definition) is 8. The molecule has 0 aliphatic carbocycles. The number of carbonyl (C=O) groups excluding carboxylic acids is 1. The average molecular weight is 491 g/mol. The van der Waals surface area contributed by atoms with E-state index in [1.54, 1.807) is 0 Å². The van der Waals surface area contributed by atoms with Crippen molar-refractivity contribution in [2.75, 3.05) is 35.7 Å². The molecule has 0 radical (unpaired) electrons. The van der Waals surface area contributed by atoms with Gasteiger partial charge >= 0.3 is 0 Å². The van der Waals surface area contributed by atoms with Gasteiger partial charge in [-0.25, -0.2) is 13.1 Å². The molecule has 3 aromatic rings. The third-order valence-corrected chi connectivity index (χ3v) is 5.34. The quantitative estimate of drug-likeness (QED) is 0.349. The molecule has 0 aliphatic rings. The largest absolute Gasteiger partial charge is 0.375 e. The number of H-pyrrole nitrogens is 1. The molecule has 0 atom stereocenters. The summed E-state index contributed by atoms with van der Waals surface area (Å²) in [6, 6.07) is 9.24. The molecule has 13 nitrogen and oxygen atoms in total. The zero-order chi connectivity index (χ0) is 25.2. The molecule has 0 saturated heterocycles. The number of rotatable bonds is 8. The molecule has 0 bridgehead atoms. The molecule has 0 spiro atoms. The van der Waals surface area contributed by atoms with Crippen LogP contribution >= 0.6 is 0 Å².